The first-order valence-electron chi connectivity index (χ1n) is 12.8. The van der Waals surface area contributed by atoms with Crippen LogP contribution in [0.2, 0.25) is 5.28 Å². The Morgan fingerprint density at radius 2 is 1.12 bits per heavy atom. The molecule has 1 aromatic heterocycles. The van der Waals surface area contributed by atoms with Gasteiger partial charge in [0.05, 0.1) is 4.90 Å². The zero-order chi connectivity index (χ0) is 35.9. The van der Waals surface area contributed by atoms with Gasteiger partial charge in [0.2, 0.25) is 17.2 Å². The van der Waals surface area contributed by atoms with Crippen LogP contribution in [0.15, 0.2) is 103 Å². The Bertz CT molecular complexity index is 2620. The minimum atomic E-state index is -5.18. The van der Waals surface area contributed by atoms with Crippen LogP contribution < -0.4 is 10.6 Å². The lowest BCUT2D eigenvalue weighted by atomic mass is 10.1. The number of hydrogen-bond acceptors (Lipinski definition) is 15. The van der Waals surface area contributed by atoms with Crippen molar-refractivity contribution in [1.29, 1.82) is 0 Å². The van der Waals surface area contributed by atoms with Crippen molar-refractivity contribution >= 4 is 97.5 Å². The summed E-state index contributed by atoms with van der Waals surface area (Å²) in [6.07, 6.45) is 0. The van der Waals surface area contributed by atoms with Gasteiger partial charge in [-0.25, -0.2) is 0 Å². The Balaban J connectivity index is 1.64. The van der Waals surface area contributed by atoms with Crippen LogP contribution in [0.4, 0.5) is 34.6 Å². The van der Waals surface area contributed by atoms with Crippen molar-refractivity contribution in [2.45, 2.75) is 19.6 Å². The Kier molecular flexibility index (Phi) is 9.41. The zero-order valence-electron chi connectivity index (χ0n) is 23.7. The maximum atomic E-state index is 12.4. The lowest BCUT2D eigenvalue weighted by Crippen LogP contribution is -2.06. The van der Waals surface area contributed by atoms with Gasteiger partial charge in [0.1, 0.15) is 26.1 Å². The molecular formula is C25H18ClN7O12S4. The summed E-state index contributed by atoms with van der Waals surface area (Å²) in [5.74, 6) is -0.455. The van der Waals surface area contributed by atoms with Crippen molar-refractivity contribution < 1.29 is 51.9 Å². The summed E-state index contributed by atoms with van der Waals surface area (Å²) in [6.45, 7) is 0. The molecule has 49 heavy (non-hydrogen) atoms. The van der Waals surface area contributed by atoms with E-state index in [2.05, 4.69) is 35.8 Å². The summed E-state index contributed by atoms with van der Waals surface area (Å²) in [7, 11) is -19.5. The van der Waals surface area contributed by atoms with Crippen molar-refractivity contribution in [2.75, 3.05) is 10.6 Å². The van der Waals surface area contributed by atoms with Gasteiger partial charge < -0.3 is 10.6 Å². The van der Waals surface area contributed by atoms with Crippen molar-refractivity contribution in [1.82, 2.24) is 15.0 Å². The van der Waals surface area contributed by atoms with Crippen LogP contribution in [-0.2, 0) is 40.5 Å². The molecule has 0 unspecified atom stereocenters. The smallest absolute Gasteiger partial charge is 0.296 e. The molecule has 0 bridgehead atoms. The van der Waals surface area contributed by atoms with Gasteiger partial charge in [-0.15, -0.1) is 10.2 Å². The number of fused-ring (bicyclic) bond motifs is 1. The van der Waals surface area contributed by atoms with E-state index in [1.165, 1.54) is 24.3 Å². The maximum Gasteiger partial charge on any atom is 0.296 e. The van der Waals surface area contributed by atoms with E-state index < -0.39 is 71.9 Å². The first-order valence-corrected chi connectivity index (χ1v) is 18.9. The molecule has 0 spiro atoms. The van der Waals surface area contributed by atoms with E-state index >= 15 is 0 Å². The number of aromatic nitrogens is 3. The Hall–Kier alpha value is -4.72. The van der Waals surface area contributed by atoms with Crippen LogP contribution in [0.3, 0.4) is 0 Å². The lowest BCUT2D eigenvalue weighted by Gasteiger charge is -2.14. The SMILES string of the molecule is O=S(=O)(O)c1ccc(Nc2nc(Cl)nc(Nc3ccc(S(=O)(=O)O)c4cc(S(=O)(=O)O)c(N=Nc5ccccc5S(=O)(=O)O)cc34)n2)cc1. The molecule has 19 nitrogen and oxygen atoms in total. The number of benzene rings is 4. The monoisotopic (exact) mass is 771 g/mol. The molecule has 0 radical (unpaired) electrons. The highest BCUT2D eigenvalue weighted by molar-refractivity contribution is 7.86. The largest absolute Gasteiger partial charge is 0.324 e. The van der Waals surface area contributed by atoms with E-state index in [1.54, 1.807) is 0 Å². The summed E-state index contributed by atoms with van der Waals surface area (Å²) in [5, 5.41) is 11.9. The molecule has 256 valence electrons. The zero-order valence-corrected chi connectivity index (χ0v) is 27.8. The quantitative estimate of drug-likeness (QED) is 0.0836. The predicted octanol–water partition coefficient (Wildman–Crippen LogP) is 4.57. The number of anilines is 4. The van der Waals surface area contributed by atoms with Crippen LogP contribution in [0.25, 0.3) is 10.8 Å². The molecule has 5 rings (SSSR count). The third-order valence-electron chi connectivity index (χ3n) is 6.28. The average Bonchev–Trinajstić information content (AvgIpc) is 2.98. The van der Waals surface area contributed by atoms with E-state index in [4.69, 9.17) is 11.6 Å². The van der Waals surface area contributed by atoms with Gasteiger partial charge in [0, 0.05) is 22.1 Å². The van der Waals surface area contributed by atoms with Crippen LogP contribution >= 0.6 is 11.6 Å². The molecule has 0 amide bonds. The van der Waals surface area contributed by atoms with E-state index in [0.29, 0.717) is 6.07 Å². The summed E-state index contributed by atoms with van der Waals surface area (Å²) in [4.78, 5) is 9.13. The number of hydrogen-bond donors (Lipinski definition) is 6. The Morgan fingerprint density at radius 3 is 1.71 bits per heavy atom. The molecule has 0 saturated carbocycles. The van der Waals surface area contributed by atoms with Crippen molar-refractivity contribution in [3.63, 3.8) is 0 Å². The number of nitrogens with one attached hydrogen (secondary N) is 2. The Labute approximate surface area is 281 Å². The molecule has 0 fully saturated rings. The normalized spacial score (nSPS) is 12.8. The van der Waals surface area contributed by atoms with Gasteiger partial charge in [-0.1, -0.05) is 12.1 Å². The summed E-state index contributed by atoms with van der Waals surface area (Å²) < 4.78 is 134. The lowest BCUT2D eigenvalue weighted by molar-refractivity contribution is 0.480. The fourth-order valence-electron chi connectivity index (χ4n) is 4.24. The predicted molar refractivity (Wildman–Crippen MR) is 172 cm³/mol. The van der Waals surface area contributed by atoms with Crippen LogP contribution in [-0.4, -0.2) is 66.8 Å². The molecule has 0 aliphatic rings. The molecule has 0 aliphatic heterocycles. The van der Waals surface area contributed by atoms with Gasteiger partial charge in [-0.2, -0.15) is 48.6 Å². The highest BCUT2D eigenvalue weighted by Gasteiger charge is 2.24. The second kappa shape index (κ2) is 13.0. The summed E-state index contributed by atoms with van der Waals surface area (Å²) in [5.41, 5.74) is -0.861. The molecule has 5 aromatic rings. The van der Waals surface area contributed by atoms with Crippen LogP contribution in [0, 0.1) is 0 Å². The fraction of sp³-hybridized carbons (Fsp3) is 0. The number of azo groups is 1. The third-order valence-corrected chi connectivity index (χ3v) is 10.0. The minimum absolute atomic E-state index is 0.0511. The Morgan fingerprint density at radius 1 is 0.551 bits per heavy atom. The highest BCUT2D eigenvalue weighted by atomic mass is 35.5. The van der Waals surface area contributed by atoms with E-state index in [0.717, 1.165) is 42.5 Å². The molecule has 0 aliphatic carbocycles. The number of rotatable bonds is 10. The van der Waals surface area contributed by atoms with Gasteiger partial charge in [-0.05, 0) is 72.3 Å². The molecule has 6 N–H and O–H groups in total. The second-order valence-corrected chi connectivity index (χ2v) is 15.5. The fourth-order valence-corrected chi connectivity index (χ4v) is 6.82. The number of halogens is 1. The standard InChI is InChI=1S/C25H18ClN7O12S4/c26-23-29-24(27-13-5-7-14(8-6-13)46(34,35)36)31-25(30-23)28-17-9-10-20(47(37,38)39)16-12-22(49(43,44)45)19(11-15(16)17)33-32-18-3-1-2-4-21(18)48(40,41)42/h1-12H,(H,34,35,36)(H,37,38,39)(H,40,41,42)(H,43,44,45)(H2,27,28,29,30,31). The molecular weight excluding hydrogens is 754 g/mol. The second-order valence-electron chi connectivity index (χ2n) is 9.57. The van der Waals surface area contributed by atoms with Crippen LogP contribution in [0.5, 0.6) is 0 Å². The first kappa shape index (κ1) is 35.6. The maximum absolute atomic E-state index is 12.4. The molecule has 0 saturated heterocycles. The van der Waals surface area contributed by atoms with Gasteiger partial charge >= 0.3 is 0 Å². The minimum Gasteiger partial charge on any atom is -0.324 e. The highest BCUT2D eigenvalue weighted by Crippen LogP contribution is 2.39. The van der Waals surface area contributed by atoms with Crippen molar-refractivity contribution in [3.05, 3.63) is 78.1 Å². The average molecular weight is 772 g/mol. The van der Waals surface area contributed by atoms with Crippen molar-refractivity contribution in [2.24, 2.45) is 10.2 Å². The van der Waals surface area contributed by atoms with Gasteiger partial charge in [0.25, 0.3) is 40.5 Å². The van der Waals surface area contributed by atoms with E-state index in [-0.39, 0.29) is 38.8 Å². The molecule has 1 heterocycles. The van der Waals surface area contributed by atoms with Crippen molar-refractivity contribution in [3.8, 4) is 0 Å². The van der Waals surface area contributed by atoms with Gasteiger partial charge in [-0.3, -0.25) is 18.2 Å². The number of nitrogens with zero attached hydrogens (tertiary/aromatic N) is 5. The molecule has 0 atom stereocenters. The van der Waals surface area contributed by atoms with Gasteiger partial charge in [0.15, 0.2) is 0 Å². The van der Waals surface area contributed by atoms with E-state index in [9.17, 15) is 51.9 Å². The first-order chi connectivity index (χ1) is 22.7. The third kappa shape index (κ3) is 8.30. The summed E-state index contributed by atoms with van der Waals surface area (Å²) in [6, 6.07) is 13.1. The summed E-state index contributed by atoms with van der Waals surface area (Å²) >= 11 is 6.06. The molecule has 4 aromatic carbocycles. The molecule has 24 heteroatoms. The topological polar surface area (TPSA) is 305 Å². The van der Waals surface area contributed by atoms with E-state index in [1.807, 2.05) is 0 Å². The van der Waals surface area contributed by atoms with Crippen LogP contribution in [0.1, 0.15) is 0 Å².